The van der Waals surface area contributed by atoms with Gasteiger partial charge in [-0.2, -0.15) is 4.31 Å². The van der Waals surface area contributed by atoms with E-state index in [9.17, 15) is 8.42 Å². The molecule has 0 aliphatic carbocycles. The number of aromatic nitrogens is 3. The molecule has 2 aromatic heterocycles. The number of pyridine rings is 1. The number of fused-ring (bicyclic) bond motifs is 1. The molecule has 2 aromatic carbocycles. The van der Waals surface area contributed by atoms with Crippen molar-refractivity contribution in [1.82, 2.24) is 18.8 Å². The Kier molecular flexibility index (Phi) is 6.33. The van der Waals surface area contributed by atoms with Crippen molar-refractivity contribution in [3.05, 3.63) is 66.4 Å². The predicted molar refractivity (Wildman–Crippen MR) is 139 cm³/mol. The van der Waals surface area contributed by atoms with Crippen LogP contribution in [0, 0.1) is 0 Å². The molecule has 0 aliphatic rings. The van der Waals surface area contributed by atoms with Crippen LogP contribution in [0.4, 0.5) is 5.95 Å². The second-order valence-corrected chi connectivity index (χ2v) is 11.4. The quantitative estimate of drug-likeness (QED) is 0.417. The first-order chi connectivity index (χ1) is 16.4. The molecular formula is C26H31N5O3S. The number of ether oxygens (including phenoxy) is 1. The number of rotatable bonds is 6. The third-order valence-electron chi connectivity index (χ3n) is 6.31. The van der Waals surface area contributed by atoms with E-state index in [1.165, 1.54) is 11.4 Å². The normalized spacial score (nSPS) is 13.3. The molecule has 0 saturated heterocycles. The summed E-state index contributed by atoms with van der Waals surface area (Å²) in [6, 6.07) is 17.4. The zero-order chi connectivity index (χ0) is 25.5. The van der Waals surface area contributed by atoms with Crippen LogP contribution in [0.3, 0.4) is 0 Å². The summed E-state index contributed by atoms with van der Waals surface area (Å²) in [6.45, 7) is 7.58. The predicted octanol–water partition coefficient (Wildman–Crippen LogP) is 4.72. The molecule has 2 N–H and O–H groups in total. The van der Waals surface area contributed by atoms with Gasteiger partial charge in [-0.15, -0.1) is 0 Å². The minimum absolute atomic E-state index is 0.0145. The Labute approximate surface area is 206 Å². The van der Waals surface area contributed by atoms with E-state index in [2.05, 4.69) is 29.0 Å². The first-order valence-electron chi connectivity index (χ1n) is 11.3. The SMILES string of the molecule is COc1ncc(-c2ccc3nc(N)n(C(C)c4ccccc4)c3c2)cc1S(=O)(=O)N(C)C(C)(C)C. The van der Waals surface area contributed by atoms with Crippen LogP contribution in [-0.2, 0) is 10.0 Å². The number of benzene rings is 2. The number of methoxy groups -OCH3 is 1. The highest BCUT2D eigenvalue weighted by Gasteiger charge is 2.33. The lowest BCUT2D eigenvalue weighted by Gasteiger charge is -2.31. The van der Waals surface area contributed by atoms with Gasteiger partial charge in [0.25, 0.3) is 0 Å². The van der Waals surface area contributed by atoms with Crippen LogP contribution in [0.5, 0.6) is 5.88 Å². The zero-order valence-corrected chi connectivity index (χ0v) is 21.7. The monoisotopic (exact) mass is 493 g/mol. The summed E-state index contributed by atoms with van der Waals surface area (Å²) < 4.78 is 35.5. The number of anilines is 1. The van der Waals surface area contributed by atoms with Crippen LogP contribution in [0.2, 0.25) is 0 Å². The number of imidazole rings is 1. The van der Waals surface area contributed by atoms with Gasteiger partial charge in [-0.3, -0.25) is 0 Å². The molecule has 0 saturated carbocycles. The molecule has 8 nitrogen and oxygen atoms in total. The van der Waals surface area contributed by atoms with Crippen molar-refractivity contribution >= 4 is 27.0 Å². The largest absolute Gasteiger partial charge is 0.480 e. The molecule has 35 heavy (non-hydrogen) atoms. The van der Waals surface area contributed by atoms with E-state index in [0.717, 1.165) is 22.2 Å². The third-order valence-corrected chi connectivity index (χ3v) is 8.43. The van der Waals surface area contributed by atoms with Crippen LogP contribution in [0.15, 0.2) is 65.7 Å². The number of nitrogens with two attached hydrogens (primary N) is 1. The summed E-state index contributed by atoms with van der Waals surface area (Å²) >= 11 is 0. The van der Waals surface area contributed by atoms with E-state index in [1.54, 1.807) is 19.3 Å². The number of nitrogens with zero attached hydrogens (tertiary/aromatic N) is 4. The standard InChI is InChI=1S/C26H31N5O3S/c1-17(18-10-8-7-9-11-18)31-22-14-19(12-13-21(22)29-25(31)27)20-15-23(24(34-6)28-16-20)35(32,33)30(5)26(2,3)4/h7-17H,1-6H3,(H2,27,29). The molecule has 0 radical (unpaired) electrons. The van der Waals surface area contributed by atoms with E-state index >= 15 is 0 Å². The molecule has 4 aromatic rings. The van der Waals surface area contributed by atoms with Gasteiger partial charge in [0, 0.05) is 24.3 Å². The highest BCUT2D eigenvalue weighted by molar-refractivity contribution is 7.89. The van der Waals surface area contributed by atoms with Crippen LogP contribution < -0.4 is 10.5 Å². The lowest BCUT2D eigenvalue weighted by molar-refractivity contribution is 0.289. The van der Waals surface area contributed by atoms with E-state index in [0.29, 0.717) is 11.5 Å². The fourth-order valence-electron chi connectivity index (χ4n) is 4.01. The summed E-state index contributed by atoms with van der Waals surface area (Å²) in [6.07, 6.45) is 1.61. The van der Waals surface area contributed by atoms with Crippen molar-refractivity contribution in [3.8, 4) is 17.0 Å². The maximum atomic E-state index is 13.4. The van der Waals surface area contributed by atoms with Gasteiger partial charge in [-0.1, -0.05) is 36.4 Å². The number of sulfonamides is 1. The maximum Gasteiger partial charge on any atom is 0.248 e. The highest BCUT2D eigenvalue weighted by Crippen LogP contribution is 2.34. The second kappa shape index (κ2) is 8.98. The van der Waals surface area contributed by atoms with E-state index in [4.69, 9.17) is 10.5 Å². The fourth-order valence-corrected chi connectivity index (χ4v) is 5.66. The van der Waals surface area contributed by atoms with Crippen molar-refractivity contribution in [2.45, 2.75) is 44.2 Å². The van der Waals surface area contributed by atoms with E-state index in [1.807, 2.05) is 61.7 Å². The Hall–Kier alpha value is -3.43. The van der Waals surface area contributed by atoms with Gasteiger partial charge < -0.3 is 15.0 Å². The smallest absolute Gasteiger partial charge is 0.248 e. The molecule has 0 spiro atoms. The molecule has 184 valence electrons. The Morgan fingerprint density at radius 1 is 1.06 bits per heavy atom. The lowest BCUT2D eigenvalue weighted by atomic mass is 10.1. The van der Waals surface area contributed by atoms with Gasteiger partial charge in [0.05, 0.1) is 24.2 Å². The summed E-state index contributed by atoms with van der Waals surface area (Å²) in [5, 5.41) is 0. The maximum absolute atomic E-state index is 13.4. The molecule has 0 amide bonds. The lowest BCUT2D eigenvalue weighted by Crippen LogP contribution is -2.42. The van der Waals surface area contributed by atoms with Crippen LogP contribution in [-0.4, -0.2) is 47.0 Å². The van der Waals surface area contributed by atoms with Crippen molar-refractivity contribution in [3.63, 3.8) is 0 Å². The molecule has 2 heterocycles. The fraction of sp³-hybridized carbons (Fsp3) is 0.308. The Balaban J connectivity index is 1.85. The number of hydrogen-bond acceptors (Lipinski definition) is 6. The second-order valence-electron chi connectivity index (χ2n) is 9.50. The van der Waals surface area contributed by atoms with E-state index < -0.39 is 15.6 Å². The average Bonchev–Trinajstić information content (AvgIpc) is 3.17. The van der Waals surface area contributed by atoms with Gasteiger partial charge >= 0.3 is 0 Å². The van der Waals surface area contributed by atoms with Gasteiger partial charge in [0.15, 0.2) is 0 Å². The van der Waals surface area contributed by atoms with Crippen LogP contribution in [0.25, 0.3) is 22.2 Å². The first-order valence-corrected chi connectivity index (χ1v) is 12.7. The van der Waals surface area contributed by atoms with Crippen molar-refractivity contribution in [2.75, 3.05) is 19.9 Å². The molecule has 0 aliphatic heterocycles. The van der Waals surface area contributed by atoms with E-state index in [-0.39, 0.29) is 16.8 Å². The highest BCUT2D eigenvalue weighted by atomic mass is 32.2. The first kappa shape index (κ1) is 24.7. The molecule has 0 bridgehead atoms. The summed E-state index contributed by atoms with van der Waals surface area (Å²) in [7, 11) is -0.889. The molecule has 4 rings (SSSR count). The zero-order valence-electron chi connectivity index (χ0n) is 20.9. The third kappa shape index (κ3) is 4.49. The Morgan fingerprint density at radius 3 is 2.37 bits per heavy atom. The molecule has 1 atom stereocenters. The minimum atomic E-state index is -3.86. The van der Waals surface area contributed by atoms with Gasteiger partial charge in [0.2, 0.25) is 21.9 Å². The minimum Gasteiger partial charge on any atom is -0.480 e. The molecule has 0 fully saturated rings. The summed E-state index contributed by atoms with van der Waals surface area (Å²) in [4.78, 5) is 8.87. The van der Waals surface area contributed by atoms with Crippen LogP contribution >= 0.6 is 0 Å². The topological polar surface area (TPSA) is 103 Å². The van der Waals surface area contributed by atoms with Gasteiger partial charge in [0.1, 0.15) is 4.90 Å². The average molecular weight is 494 g/mol. The van der Waals surface area contributed by atoms with Crippen molar-refractivity contribution < 1.29 is 13.2 Å². The Morgan fingerprint density at radius 2 is 1.74 bits per heavy atom. The molecule has 1 unspecified atom stereocenters. The van der Waals surface area contributed by atoms with Crippen molar-refractivity contribution in [1.29, 1.82) is 0 Å². The molecular weight excluding hydrogens is 462 g/mol. The van der Waals surface area contributed by atoms with Gasteiger partial charge in [-0.25, -0.2) is 18.4 Å². The van der Waals surface area contributed by atoms with Gasteiger partial charge in [-0.05, 0) is 57.0 Å². The number of nitrogen functional groups attached to an aromatic ring is 1. The molecule has 9 heteroatoms. The summed E-state index contributed by atoms with van der Waals surface area (Å²) in [5.41, 5.74) is 9.85. The summed E-state index contributed by atoms with van der Waals surface area (Å²) in [5.74, 6) is 0.467. The Bertz CT molecular complexity index is 1470. The van der Waals surface area contributed by atoms with Crippen LogP contribution in [0.1, 0.15) is 39.3 Å². The number of hydrogen-bond donors (Lipinski definition) is 1. The van der Waals surface area contributed by atoms with Crippen molar-refractivity contribution in [2.24, 2.45) is 0 Å².